The molecular weight excluding hydrogens is 266 g/mol. The SMILES string of the molecule is Cc1cnc2c(c1)S(=O)(=O)N=CC1(CCNCC1)O2. The quantitative estimate of drug-likeness (QED) is 0.755. The van der Waals surface area contributed by atoms with Crippen molar-refractivity contribution in [3.05, 3.63) is 17.8 Å². The number of piperidine rings is 1. The number of ether oxygens (including phenoxy) is 1. The van der Waals surface area contributed by atoms with Gasteiger partial charge in [0.2, 0.25) is 5.88 Å². The highest BCUT2D eigenvalue weighted by atomic mass is 32.2. The van der Waals surface area contributed by atoms with Gasteiger partial charge in [-0.2, -0.15) is 12.8 Å². The van der Waals surface area contributed by atoms with Crippen molar-refractivity contribution in [3.8, 4) is 5.88 Å². The van der Waals surface area contributed by atoms with E-state index in [1.165, 1.54) is 6.21 Å². The van der Waals surface area contributed by atoms with Crippen molar-refractivity contribution in [2.24, 2.45) is 4.40 Å². The first-order chi connectivity index (χ1) is 9.01. The molecule has 3 heterocycles. The number of aryl methyl sites for hydroxylation is 1. The smallest absolute Gasteiger partial charge is 0.287 e. The fraction of sp³-hybridized carbons (Fsp3) is 0.500. The zero-order valence-corrected chi connectivity index (χ0v) is 11.4. The highest BCUT2D eigenvalue weighted by Crippen LogP contribution is 2.33. The lowest BCUT2D eigenvalue weighted by Crippen LogP contribution is -2.47. The molecule has 2 aliphatic heterocycles. The van der Waals surface area contributed by atoms with Crippen LogP contribution in [0.1, 0.15) is 18.4 Å². The Labute approximate surface area is 112 Å². The standard InChI is InChI=1S/C12H15N3O3S/c1-9-6-10-11(14-7-9)18-12(2-4-13-5-3-12)8-15-19(10,16)17/h6-8,13H,2-5H2,1H3. The van der Waals surface area contributed by atoms with Gasteiger partial charge in [-0.1, -0.05) is 0 Å². The topological polar surface area (TPSA) is 80.7 Å². The van der Waals surface area contributed by atoms with Crippen molar-refractivity contribution in [1.29, 1.82) is 0 Å². The van der Waals surface area contributed by atoms with Crippen LogP contribution in [0.3, 0.4) is 0 Å². The molecule has 2 aliphatic rings. The van der Waals surface area contributed by atoms with E-state index < -0.39 is 15.6 Å². The van der Waals surface area contributed by atoms with Crippen LogP contribution >= 0.6 is 0 Å². The number of hydrogen-bond acceptors (Lipinski definition) is 5. The van der Waals surface area contributed by atoms with Crippen LogP contribution in [0.4, 0.5) is 0 Å². The van der Waals surface area contributed by atoms with E-state index in [0.29, 0.717) is 12.8 Å². The molecule has 0 unspecified atom stereocenters. The second-order valence-electron chi connectivity index (χ2n) is 4.94. The molecule has 19 heavy (non-hydrogen) atoms. The second-order valence-corrected chi connectivity index (χ2v) is 6.54. The largest absolute Gasteiger partial charge is 0.464 e. The molecule has 1 fully saturated rings. The highest BCUT2D eigenvalue weighted by Gasteiger charge is 2.38. The second kappa shape index (κ2) is 4.28. The number of hydrogen-bond donors (Lipinski definition) is 1. The molecule has 1 saturated heterocycles. The van der Waals surface area contributed by atoms with Gasteiger partial charge < -0.3 is 10.1 Å². The predicted octanol–water partition coefficient (Wildman–Crippen LogP) is 0.664. The van der Waals surface area contributed by atoms with Gasteiger partial charge in [-0.3, -0.25) is 0 Å². The van der Waals surface area contributed by atoms with Crippen LogP contribution in [0.25, 0.3) is 0 Å². The Hall–Kier alpha value is -1.47. The molecule has 1 spiro atoms. The molecule has 0 bridgehead atoms. The van der Waals surface area contributed by atoms with Crippen molar-refractivity contribution >= 4 is 16.2 Å². The first-order valence-corrected chi connectivity index (χ1v) is 7.63. The van der Waals surface area contributed by atoms with Crippen molar-refractivity contribution in [3.63, 3.8) is 0 Å². The number of pyridine rings is 1. The van der Waals surface area contributed by atoms with Gasteiger partial charge in [0.05, 0.1) is 6.21 Å². The van der Waals surface area contributed by atoms with Gasteiger partial charge in [0.15, 0.2) is 4.90 Å². The van der Waals surface area contributed by atoms with Crippen LogP contribution in [0.15, 0.2) is 21.6 Å². The van der Waals surface area contributed by atoms with E-state index in [1.807, 2.05) is 0 Å². The summed E-state index contributed by atoms with van der Waals surface area (Å²) in [6.07, 6.45) is 4.40. The van der Waals surface area contributed by atoms with E-state index in [4.69, 9.17) is 4.74 Å². The third-order valence-electron chi connectivity index (χ3n) is 3.41. The van der Waals surface area contributed by atoms with Gasteiger partial charge in [0.1, 0.15) is 5.60 Å². The van der Waals surface area contributed by atoms with Crippen LogP contribution in [-0.4, -0.2) is 38.3 Å². The summed E-state index contributed by atoms with van der Waals surface area (Å²) in [6.45, 7) is 3.33. The first-order valence-electron chi connectivity index (χ1n) is 6.19. The number of nitrogens with zero attached hydrogens (tertiary/aromatic N) is 2. The number of sulfonamides is 1. The molecule has 0 aromatic carbocycles. The third-order valence-corrected chi connectivity index (χ3v) is 4.64. The van der Waals surface area contributed by atoms with E-state index in [2.05, 4.69) is 14.7 Å². The molecule has 0 saturated carbocycles. The molecule has 6 nitrogen and oxygen atoms in total. The molecule has 7 heteroatoms. The summed E-state index contributed by atoms with van der Waals surface area (Å²) in [7, 11) is -3.71. The van der Waals surface area contributed by atoms with Crippen molar-refractivity contribution in [1.82, 2.24) is 10.3 Å². The van der Waals surface area contributed by atoms with Gasteiger partial charge in [0.25, 0.3) is 10.0 Å². The van der Waals surface area contributed by atoms with Gasteiger partial charge in [-0.05, 0) is 31.6 Å². The minimum Gasteiger partial charge on any atom is -0.464 e. The summed E-state index contributed by atoms with van der Waals surface area (Å²) < 4.78 is 33.9. The van der Waals surface area contributed by atoms with E-state index in [9.17, 15) is 8.42 Å². The van der Waals surface area contributed by atoms with E-state index >= 15 is 0 Å². The average molecular weight is 281 g/mol. The van der Waals surface area contributed by atoms with Gasteiger partial charge >= 0.3 is 0 Å². The Morgan fingerprint density at radius 2 is 2.11 bits per heavy atom. The predicted molar refractivity (Wildman–Crippen MR) is 70.1 cm³/mol. The van der Waals surface area contributed by atoms with Crippen molar-refractivity contribution < 1.29 is 13.2 Å². The van der Waals surface area contributed by atoms with Crippen LogP contribution in [0, 0.1) is 6.92 Å². The molecule has 0 aliphatic carbocycles. The molecule has 1 aromatic heterocycles. The van der Waals surface area contributed by atoms with Crippen molar-refractivity contribution in [2.75, 3.05) is 13.1 Å². The van der Waals surface area contributed by atoms with Crippen LogP contribution in [-0.2, 0) is 10.0 Å². The van der Waals surface area contributed by atoms with Gasteiger partial charge in [-0.25, -0.2) is 4.98 Å². The highest BCUT2D eigenvalue weighted by molar-refractivity contribution is 7.90. The Bertz CT molecular complexity index is 634. The van der Waals surface area contributed by atoms with Gasteiger partial charge in [-0.15, -0.1) is 0 Å². The molecule has 0 amide bonds. The number of aromatic nitrogens is 1. The summed E-state index contributed by atoms with van der Waals surface area (Å²) >= 11 is 0. The third kappa shape index (κ3) is 2.23. The molecule has 3 rings (SSSR count). The van der Waals surface area contributed by atoms with Gasteiger partial charge in [0, 0.05) is 19.0 Å². The van der Waals surface area contributed by atoms with E-state index in [-0.39, 0.29) is 10.8 Å². The molecule has 0 atom stereocenters. The number of fused-ring (bicyclic) bond motifs is 1. The zero-order valence-electron chi connectivity index (χ0n) is 10.6. The maximum Gasteiger partial charge on any atom is 0.287 e. The monoisotopic (exact) mass is 281 g/mol. The molecule has 1 aromatic rings. The Kier molecular flexibility index (Phi) is 2.83. The normalized spacial score (nSPS) is 23.4. The van der Waals surface area contributed by atoms with Crippen LogP contribution in [0.5, 0.6) is 5.88 Å². The molecule has 0 radical (unpaired) electrons. The average Bonchev–Trinajstić information content (AvgIpc) is 2.49. The summed E-state index contributed by atoms with van der Waals surface area (Å²) in [6, 6.07) is 1.55. The number of rotatable bonds is 0. The Morgan fingerprint density at radius 3 is 2.84 bits per heavy atom. The van der Waals surface area contributed by atoms with Crippen molar-refractivity contribution in [2.45, 2.75) is 30.3 Å². The molecule has 102 valence electrons. The van der Waals surface area contributed by atoms with E-state index in [0.717, 1.165) is 18.7 Å². The van der Waals surface area contributed by atoms with Crippen LogP contribution in [0.2, 0.25) is 0 Å². The summed E-state index contributed by atoms with van der Waals surface area (Å²) in [5.41, 5.74) is 0.105. The summed E-state index contributed by atoms with van der Waals surface area (Å²) in [5.74, 6) is 0.157. The lowest BCUT2D eigenvalue weighted by atomic mass is 9.93. The fourth-order valence-corrected chi connectivity index (χ4v) is 3.41. The maximum atomic E-state index is 12.1. The molecule has 1 N–H and O–H groups in total. The minimum absolute atomic E-state index is 0.0548. The zero-order chi connectivity index (χ0) is 13.5. The summed E-state index contributed by atoms with van der Waals surface area (Å²) in [4.78, 5) is 4.18. The van der Waals surface area contributed by atoms with Crippen LogP contribution < -0.4 is 10.1 Å². The Balaban J connectivity index is 2.13. The minimum atomic E-state index is -3.71. The maximum absolute atomic E-state index is 12.1. The first kappa shape index (κ1) is 12.6. The lowest BCUT2D eigenvalue weighted by Gasteiger charge is -2.33. The molecular formula is C12H15N3O3S. The number of nitrogens with one attached hydrogen (secondary N) is 1. The fourth-order valence-electron chi connectivity index (χ4n) is 2.31. The lowest BCUT2D eigenvalue weighted by molar-refractivity contribution is 0.101. The Morgan fingerprint density at radius 1 is 1.37 bits per heavy atom. The van der Waals surface area contributed by atoms with E-state index in [1.54, 1.807) is 19.2 Å². The summed E-state index contributed by atoms with van der Waals surface area (Å²) in [5, 5.41) is 3.22.